The van der Waals surface area contributed by atoms with Crippen LogP contribution in [0.15, 0.2) is 24.3 Å². The van der Waals surface area contributed by atoms with Crippen LogP contribution in [0.25, 0.3) is 0 Å². The van der Waals surface area contributed by atoms with Gasteiger partial charge in [-0.2, -0.15) is 0 Å². The van der Waals surface area contributed by atoms with Crippen molar-refractivity contribution in [2.75, 3.05) is 13.6 Å². The van der Waals surface area contributed by atoms with Gasteiger partial charge in [0, 0.05) is 23.7 Å². The van der Waals surface area contributed by atoms with Gasteiger partial charge in [0.15, 0.2) is 0 Å². The van der Waals surface area contributed by atoms with Crippen LogP contribution in [-0.4, -0.2) is 24.5 Å². The third-order valence-corrected chi connectivity index (χ3v) is 3.21. The monoisotopic (exact) mass is 226 g/mol. The average molecular weight is 227 g/mol. The smallest absolute Gasteiger partial charge is 0.0409 e. The van der Waals surface area contributed by atoms with Crippen LogP contribution in [0.3, 0.4) is 0 Å². The van der Waals surface area contributed by atoms with Crippen LogP contribution in [-0.2, 0) is 0 Å². The first-order valence-electron chi connectivity index (χ1n) is 5.23. The third kappa shape index (κ3) is 3.20. The fraction of sp³-hybridized carbons (Fsp3) is 0.500. The van der Waals surface area contributed by atoms with Gasteiger partial charge >= 0.3 is 0 Å². The van der Waals surface area contributed by atoms with E-state index in [1.54, 1.807) is 0 Å². The van der Waals surface area contributed by atoms with Crippen LogP contribution in [0.2, 0.25) is 5.02 Å². The Labute approximate surface area is 97.0 Å². The third-order valence-electron chi connectivity index (χ3n) is 2.98. The zero-order chi connectivity index (χ0) is 11.4. The van der Waals surface area contributed by atoms with Crippen molar-refractivity contribution in [3.8, 4) is 0 Å². The van der Waals surface area contributed by atoms with Gasteiger partial charge in [0.25, 0.3) is 0 Å². The summed E-state index contributed by atoms with van der Waals surface area (Å²) < 4.78 is 0. The lowest BCUT2D eigenvalue weighted by Crippen LogP contribution is -2.37. The molecule has 2 unspecified atom stereocenters. The van der Waals surface area contributed by atoms with Crippen molar-refractivity contribution in [2.24, 2.45) is 5.73 Å². The van der Waals surface area contributed by atoms with E-state index in [4.69, 9.17) is 17.3 Å². The van der Waals surface area contributed by atoms with Crippen LogP contribution in [0.5, 0.6) is 0 Å². The second-order valence-electron chi connectivity index (χ2n) is 3.98. The Hall–Kier alpha value is -0.570. The molecule has 1 aromatic rings. The largest absolute Gasteiger partial charge is 0.329 e. The number of nitrogens with zero attached hydrogens (tertiary/aromatic N) is 1. The summed E-state index contributed by atoms with van der Waals surface area (Å²) in [5.41, 5.74) is 6.88. The Morgan fingerprint density at radius 1 is 1.40 bits per heavy atom. The van der Waals surface area contributed by atoms with Crippen LogP contribution >= 0.6 is 11.6 Å². The summed E-state index contributed by atoms with van der Waals surface area (Å²) >= 11 is 5.96. The quantitative estimate of drug-likeness (QED) is 0.856. The molecule has 0 aliphatic rings. The number of hydrogen-bond donors (Lipinski definition) is 1. The van der Waals surface area contributed by atoms with Crippen molar-refractivity contribution in [1.29, 1.82) is 0 Å². The summed E-state index contributed by atoms with van der Waals surface area (Å²) in [7, 11) is 2.09. The van der Waals surface area contributed by atoms with E-state index in [0.717, 1.165) is 5.02 Å². The molecule has 0 aliphatic heterocycles. The number of halogens is 1. The molecule has 1 aromatic carbocycles. The highest BCUT2D eigenvalue weighted by Gasteiger charge is 2.16. The van der Waals surface area contributed by atoms with E-state index in [9.17, 15) is 0 Å². The lowest BCUT2D eigenvalue weighted by molar-refractivity contribution is 0.202. The summed E-state index contributed by atoms with van der Waals surface area (Å²) in [6.07, 6.45) is 0. The normalized spacial score (nSPS) is 15.3. The van der Waals surface area contributed by atoms with Crippen LogP contribution in [0.1, 0.15) is 25.5 Å². The predicted octanol–water partition coefficient (Wildman–Crippen LogP) is 2.68. The van der Waals surface area contributed by atoms with Gasteiger partial charge in [-0.3, -0.25) is 4.90 Å². The highest BCUT2D eigenvalue weighted by Crippen LogP contribution is 2.22. The van der Waals surface area contributed by atoms with Crippen molar-refractivity contribution < 1.29 is 0 Å². The molecule has 84 valence electrons. The molecule has 0 radical (unpaired) electrons. The standard InChI is InChI=1S/C12H19ClN2/c1-9(8-14)15(3)10(2)11-5-4-6-12(13)7-11/h4-7,9-10H,8,14H2,1-3H3. The Balaban J connectivity index is 2.80. The second-order valence-corrected chi connectivity index (χ2v) is 4.42. The van der Waals surface area contributed by atoms with Crippen molar-refractivity contribution >= 4 is 11.6 Å². The zero-order valence-corrected chi connectivity index (χ0v) is 10.3. The first kappa shape index (κ1) is 12.5. The Bertz CT molecular complexity index is 314. The van der Waals surface area contributed by atoms with Crippen LogP contribution < -0.4 is 5.73 Å². The van der Waals surface area contributed by atoms with E-state index in [1.807, 2.05) is 18.2 Å². The lowest BCUT2D eigenvalue weighted by Gasteiger charge is -2.30. The minimum atomic E-state index is 0.335. The predicted molar refractivity (Wildman–Crippen MR) is 66.1 cm³/mol. The van der Waals surface area contributed by atoms with Crippen LogP contribution in [0.4, 0.5) is 0 Å². The fourth-order valence-electron chi connectivity index (χ4n) is 1.55. The summed E-state index contributed by atoms with van der Waals surface area (Å²) in [6, 6.07) is 8.68. The molecule has 2 N–H and O–H groups in total. The van der Waals surface area contributed by atoms with E-state index in [2.05, 4.69) is 31.9 Å². The van der Waals surface area contributed by atoms with Gasteiger partial charge in [-0.05, 0) is 38.6 Å². The number of likely N-dealkylation sites (N-methyl/N-ethyl adjacent to an activating group) is 1. The molecule has 1 rings (SSSR count). The summed E-state index contributed by atoms with van der Waals surface area (Å²) in [6.45, 7) is 4.96. The molecule has 0 amide bonds. The van der Waals surface area contributed by atoms with Gasteiger partial charge in [-0.25, -0.2) is 0 Å². The molecule has 0 fully saturated rings. The zero-order valence-electron chi connectivity index (χ0n) is 9.57. The maximum absolute atomic E-state index is 5.96. The number of benzene rings is 1. The van der Waals surface area contributed by atoms with E-state index in [-0.39, 0.29) is 0 Å². The maximum Gasteiger partial charge on any atom is 0.0409 e. The SMILES string of the molecule is CC(CN)N(C)C(C)c1cccc(Cl)c1. The highest BCUT2D eigenvalue weighted by atomic mass is 35.5. The fourth-order valence-corrected chi connectivity index (χ4v) is 1.75. The first-order valence-corrected chi connectivity index (χ1v) is 5.61. The molecule has 2 atom stereocenters. The van der Waals surface area contributed by atoms with E-state index in [0.29, 0.717) is 18.6 Å². The average Bonchev–Trinajstić information content (AvgIpc) is 2.26. The number of hydrogen-bond acceptors (Lipinski definition) is 2. The molecule has 0 aliphatic carbocycles. The maximum atomic E-state index is 5.96. The number of rotatable bonds is 4. The molecule has 0 saturated carbocycles. The molecule has 15 heavy (non-hydrogen) atoms. The molecule has 0 aromatic heterocycles. The highest BCUT2D eigenvalue weighted by molar-refractivity contribution is 6.30. The van der Waals surface area contributed by atoms with Gasteiger partial charge in [-0.1, -0.05) is 23.7 Å². The van der Waals surface area contributed by atoms with Crippen molar-refractivity contribution in [3.63, 3.8) is 0 Å². The summed E-state index contributed by atoms with van der Waals surface area (Å²) in [5.74, 6) is 0. The van der Waals surface area contributed by atoms with Gasteiger partial charge in [0.05, 0.1) is 0 Å². The molecule has 0 bridgehead atoms. The van der Waals surface area contributed by atoms with Gasteiger partial charge < -0.3 is 5.73 Å². The van der Waals surface area contributed by atoms with Crippen molar-refractivity contribution in [1.82, 2.24) is 4.90 Å². The van der Waals surface area contributed by atoms with Crippen LogP contribution in [0, 0.1) is 0 Å². The molecule has 3 heteroatoms. The van der Waals surface area contributed by atoms with Gasteiger partial charge in [0.1, 0.15) is 0 Å². The lowest BCUT2D eigenvalue weighted by atomic mass is 10.1. The topological polar surface area (TPSA) is 29.3 Å². The molecular weight excluding hydrogens is 208 g/mol. The molecule has 0 spiro atoms. The molecule has 0 heterocycles. The van der Waals surface area contributed by atoms with Gasteiger partial charge in [-0.15, -0.1) is 0 Å². The first-order chi connectivity index (χ1) is 7.06. The Kier molecular flexibility index (Phi) is 4.58. The second kappa shape index (κ2) is 5.50. The summed E-state index contributed by atoms with van der Waals surface area (Å²) in [4.78, 5) is 2.26. The number of nitrogens with two attached hydrogens (primary N) is 1. The Morgan fingerprint density at radius 3 is 2.60 bits per heavy atom. The van der Waals surface area contributed by atoms with E-state index in [1.165, 1.54) is 5.56 Å². The summed E-state index contributed by atoms with van der Waals surface area (Å²) in [5, 5.41) is 0.785. The van der Waals surface area contributed by atoms with E-state index >= 15 is 0 Å². The Morgan fingerprint density at radius 2 is 2.07 bits per heavy atom. The van der Waals surface area contributed by atoms with Crippen molar-refractivity contribution in [3.05, 3.63) is 34.9 Å². The minimum Gasteiger partial charge on any atom is -0.329 e. The van der Waals surface area contributed by atoms with Gasteiger partial charge in [0.2, 0.25) is 0 Å². The molecule has 2 nitrogen and oxygen atoms in total. The molecular formula is C12H19ClN2. The molecule has 0 saturated heterocycles. The van der Waals surface area contributed by atoms with E-state index < -0.39 is 0 Å². The minimum absolute atomic E-state index is 0.335. The van der Waals surface area contributed by atoms with Crippen molar-refractivity contribution in [2.45, 2.75) is 25.9 Å².